The first kappa shape index (κ1) is 23.7. The van der Waals surface area contributed by atoms with Crippen molar-refractivity contribution in [3.05, 3.63) is 59.7 Å². The van der Waals surface area contributed by atoms with Gasteiger partial charge in [-0.3, -0.25) is 9.59 Å². The Morgan fingerprint density at radius 1 is 1.00 bits per heavy atom. The predicted octanol–water partition coefficient (Wildman–Crippen LogP) is 2.17. The SMILES string of the molecule is CCC(C)c1ccc(S(=O)(=O)N2CCN(C(=O)CNC(=O)c3ccc(O)cc3)CC2)cc1. The Hall–Kier alpha value is -2.91. The van der Waals surface area contributed by atoms with Gasteiger partial charge in [0.15, 0.2) is 0 Å². The van der Waals surface area contributed by atoms with E-state index < -0.39 is 15.9 Å². The number of phenols is 1. The fourth-order valence-electron chi connectivity index (χ4n) is 3.51. The van der Waals surface area contributed by atoms with E-state index in [4.69, 9.17) is 0 Å². The summed E-state index contributed by atoms with van der Waals surface area (Å²) in [6, 6.07) is 12.7. The minimum Gasteiger partial charge on any atom is -0.508 e. The summed E-state index contributed by atoms with van der Waals surface area (Å²) in [6.45, 7) is 4.95. The number of hydrogen-bond acceptors (Lipinski definition) is 5. The van der Waals surface area contributed by atoms with E-state index >= 15 is 0 Å². The topological polar surface area (TPSA) is 107 Å². The van der Waals surface area contributed by atoms with Crippen LogP contribution in [0.15, 0.2) is 53.4 Å². The van der Waals surface area contributed by atoms with Gasteiger partial charge < -0.3 is 15.3 Å². The molecule has 9 heteroatoms. The maximum absolute atomic E-state index is 13.0. The second-order valence-electron chi connectivity index (χ2n) is 7.89. The van der Waals surface area contributed by atoms with Gasteiger partial charge in [0.2, 0.25) is 15.9 Å². The highest BCUT2D eigenvalue weighted by atomic mass is 32.2. The van der Waals surface area contributed by atoms with E-state index in [1.54, 1.807) is 17.0 Å². The van der Waals surface area contributed by atoms with Gasteiger partial charge >= 0.3 is 0 Å². The van der Waals surface area contributed by atoms with Gasteiger partial charge in [-0.1, -0.05) is 26.0 Å². The fraction of sp³-hybridized carbons (Fsp3) is 0.391. The number of amides is 2. The summed E-state index contributed by atoms with van der Waals surface area (Å²) < 4.78 is 27.3. The van der Waals surface area contributed by atoms with E-state index in [0.29, 0.717) is 11.5 Å². The summed E-state index contributed by atoms with van der Waals surface area (Å²) in [5.74, 6) is -0.264. The number of carbonyl (C=O) groups excluding carboxylic acids is 2. The Bertz CT molecular complexity index is 1040. The average Bonchev–Trinajstić information content (AvgIpc) is 2.82. The quantitative estimate of drug-likeness (QED) is 0.660. The molecule has 1 heterocycles. The van der Waals surface area contributed by atoms with Crippen LogP contribution in [0.4, 0.5) is 0 Å². The lowest BCUT2D eigenvalue weighted by Gasteiger charge is -2.34. The molecule has 0 aromatic heterocycles. The molecule has 32 heavy (non-hydrogen) atoms. The van der Waals surface area contributed by atoms with Gasteiger partial charge in [-0.2, -0.15) is 4.31 Å². The molecule has 1 aliphatic heterocycles. The lowest BCUT2D eigenvalue weighted by Crippen LogP contribution is -2.52. The Morgan fingerprint density at radius 2 is 1.59 bits per heavy atom. The van der Waals surface area contributed by atoms with Crippen LogP contribution in [-0.2, 0) is 14.8 Å². The van der Waals surface area contributed by atoms with Crippen molar-refractivity contribution in [1.82, 2.24) is 14.5 Å². The van der Waals surface area contributed by atoms with Crippen LogP contribution in [0.3, 0.4) is 0 Å². The van der Waals surface area contributed by atoms with Crippen molar-refractivity contribution in [2.45, 2.75) is 31.1 Å². The number of piperazine rings is 1. The monoisotopic (exact) mass is 459 g/mol. The molecule has 1 fully saturated rings. The summed E-state index contributed by atoms with van der Waals surface area (Å²) in [5.41, 5.74) is 1.45. The van der Waals surface area contributed by atoms with Gasteiger partial charge in [-0.15, -0.1) is 0 Å². The number of hydrogen-bond donors (Lipinski definition) is 2. The number of rotatable bonds is 7. The molecule has 0 radical (unpaired) electrons. The van der Waals surface area contributed by atoms with Crippen LogP contribution in [0.25, 0.3) is 0 Å². The zero-order valence-corrected chi connectivity index (χ0v) is 19.1. The fourth-order valence-corrected chi connectivity index (χ4v) is 4.94. The van der Waals surface area contributed by atoms with Crippen LogP contribution < -0.4 is 5.32 Å². The van der Waals surface area contributed by atoms with Crippen LogP contribution in [0.1, 0.15) is 42.1 Å². The molecule has 0 saturated carbocycles. The summed E-state index contributed by atoms with van der Waals surface area (Å²) in [5, 5.41) is 11.8. The second-order valence-corrected chi connectivity index (χ2v) is 9.83. The van der Waals surface area contributed by atoms with Gasteiger partial charge in [0.25, 0.3) is 5.91 Å². The van der Waals surface area contributed by atoms with Gasteiger partial charge in [0, 0.05) is 31.7 Å². The van der Waals surface area contributed by atoms with Gasteiger partial charge in [0.05, 0.1) is 11.4 Å². The van der Waals surface area contributed by atoms with Gasteiger partial charge in [-0.05, 0) is 54.3 Å². The van der Waals surface area contributed by atoms with E-state index in [9.17, 15) is 23.1 Å². The number of sulfonamides is 1. The minimum atomic E-state index is -3.62. The maximum atomic E-state index is 13.0. The number of aromatic hydroxyl groups is 1. The van der Waals surface area contributed by atoms with E-state index in [2.05, 4.69) is 19.2 Å². The third kappa shape index (κ3) is 5.46. The highest BCUT2D eigenvalue weighted by Gasteiger charge is 2.30. The molecule has 0 aliphatic carbocycles. The molecule has 8 nitrogen and oxygen atoms in total. The molecule has 1 unspecified atom stereocenters. The normalized spacial score (nSPS) is 15.9. The molecule has 2 N–H and O–H groups in total. The number of nitrogens with zero attached hydrogens (tertiary/aromatic N) is 2. The highest BCUT2D eigenvalue weighted by Crippen LogP contribution is 2.23. The molecule has 3 rings (SSSR count). The Labute approximate surface area is 188 Å². The lowest BCUT2D eigenvalue weighted by molar-refractivity contribution is -0.131. The van der Waals surface area contributed by atoms with E-state index in [1.807, 2.05) is 12.1 Å². The molecular formula is C23H29N3O5S. The summed E-state index contributed by atoms with van der Waals surface area (Å²) in [4.78, 5) is 26.4. The Kier molecular flexibility index (Phi) is 7.52. The van der Waals surface area contributed by atoms with Gasteiger partial charge in [-0.25, -0.2) is 8.42 Å². The molecular weight excluding hydrogens is 430 g/mol. The first-order valence-electron chi connectivity index (χ1n) is 10.7. The molecule has 0 spiro atoms. The molecule has 0 bridgehead atoms. The zero-order valence-electron chi connectivity index (χ0n) is 18.3. The predicted molar refractivity (Wildman–Crippen MR) is 121 cm³/mol. The van der Waals surface area contributed by atoms with Crippen LogP contribution in [0, 0.1) is 0 Å². The molecule has 172 valence electrons. The highest BCUT2D eigenvalue weighted by molar-refractivity contribution is 7.89. The van der Waals surface area contributed by atoms with E-state index in [-0.39, 0.29) is 49.3 Å². The van der Waals surface area contributed by atoms with E-state index in [0.717, 1.165) is 12.0 Å². The third-order valence-electron chi connectivity index (χ3n) is 5.82. The van der Waals surface area contributed by atoms with Crippen molar-refractivity contribution >= 4 is 21.8 Å². The summed E-state index contributed by atoms with van der Waals surface area (Å²) >= 11 is 0. The first-order valence-corrected chi connectivity index (χ1v) is 12.1. The third-order valence-corrected chi connectivity index (χ3v) is 7.73. The smallest absolute Gasteiger partial charge is 0.251 e. The van der Waals surface area contributed by atoms with Crippen molar-refractivity contribution in [1.29, 1.82) is 0 Å². The molecule has 2 aromatic carbocycles. The van der Waals surface area contributed by atoms with Crippen molar-refractivity contribution in [3.8, 4) is 5.75 Å². The largest absolute Gasteiger partial charge is 0.508 e. The lowest BCUT2D eigenvalue weighted by atomic mass is 9.99. The average molecular weight is 460 g/mol. The number of nitrogens with one attached hydrogen (secondary N) is 1. The molecule has 1 atom stereocenters. The number of carbonyl (C=O) groups is 2. The molecule has 2 aromatic rings. The summed E-state index contributed by atoms with van der Waals surface area (Å²) in [7, 11) is -3.62. The number of benzene rings is 2. The Morgan fingerprint density at radius 3 is 2.16 bits per heavy atom. The maximum Gasteiger partial charge on any atom is 0.251 e. The molecule has 2 amide bonds. The van der Waals surface area contributed by atoms with Crippen LogP contribution in [-0.4, -0.2) is 67.3 Å². The van der Waals surface area contributed by atoms with Crippen LogP contribution >= 0.6 is 0 Å². The van der Waals surface area contributed by atoms with E-state index in [1.165, 1.54) is 28.6 Å². The van der Waals surface area contributed by atoms with Crippen molar-refractivity contribution in [2.24, 2.45) is 0 Å². The molecule has 1 saturated heterocycles. The first-order chi connectivity index (χ1) is 15.2. The van der Waals surface area contributed by atoms with Crippen molar-refractivity contribution < 1.29 is 23.1 Å². The standard InChI is InChI=1S/C23H29N3O5S/c1-3-17(2)18-6-10-21(11-7-18)32(30,31)26-14-12-25(13-15-26)22(28)16-24-23(29)19-4-8-20(27)9-5-19/h4-11,17,27H,3,12-16H2,1-2H3,(H,24,29). The minimum absolute atomic E-state index is 0.0527. The summed E-state index contributed by atoms with van der Waals surface area (Å²) in [6.07, 6.45) is 0.984. The zero-order chi connectivity index (χ0) is 23.3. The van der Waals surface area contributed by atoms with Crippen molar-refractivity contribution in [3.63, 3.8) is 0 Å². The molecule has 1 aliphatic rings. The Balaban J connectivity index is 1.53. The second kappa shape index (κ2) is 10.1. The van der Waals surface area contributed by atoms with Crippen LogP contribution in [0.2, 0.25) is 0 Å². The number of phenolic OH excluding ortho intramolecular Hbond substituents is 1. The van der Waals surface area contributed by atoms with Gasteiger partial charge in [0.1, 0.15) is 5.75 Å². The van der Waals surface area contributed by atoms with Crippen molar-refractivity contribution in [2.75, 3.05) is 32.7 Å². The van der Waals surface area contributed by atoms with Crippen LogP contribution in [0.5, 0.6) is 5.75 Å².